The summed E-state index contributed by atoms with van der Waals surface area (Å²) >= 11 is 0. The van der Waals surface area contributed by atoms with Crippen molar-refractivity contribution in [3.05, 3.63) is 23.7 Å². The third kappa shape index (κ3) is 4.78. The molecule has 1 aromatic rings. The largest absolute Gasteiger partial charge is 0.468 e. The molecule has 0 aromatic carbocycles. The first kappa shape index (κ1) is 13.2. The van der Waals surface area contributed by atoms with Gasteiger partial charge in [-0.05, 0) is 13.1 Å². The Kier molecular flexibility index (Phi) is 4.52. The van der Waals surface area contributed by atoms with Crippen LogP contribution in [0.25, 0.3) is 0 Å². The third-order valence-corrected chi connectivity index (χ3v) is 3.14. The van der Waals surface area contributed by atoms with Crippen LogP contribution < -0.4 is 5.73 Å². The lowest BCUT2D eigenvalue weighted by Crippen LogP contribution is -2.24. The van der Waals surface area contributed by atoms with Gasteiger partial charge in [0.15, 0.2) is 0 Å². The summed E-state index contributed by atoms with van der Waals surface area (Å²) in [6.07, 6.45) is 2.86. The zero-order valence-electron chi connectivity index (χ0n) is 9.64. The van der Waals surface area contributed by atoms with Gasteiger partial charge in [-0.2, -0.15) is 0 Å². The van der Waals surface area contributed by atoms with Crippen LogP contribution in [0, 0.1) is 0 Å². The highest BCUT2D eigenvalue weighted by molar-refractivity contribution is 7.90. The molecular formula is C10H18N2O3S. The lowest BCUT2D eigenvalue weighted by molar-refractivity contribution is 0.310. The highest BCUT2D eigenvalue weighted by Crippen LogP contribution is 2.09. The standard InChI is InChI=1S/C10H18N2O3S/c1-12(3-4-16(2,13)14)7-10-5-9(6-11)8-15-10/h5,8H,3-4,6-7,11H2,1-2H3. The van der Waals surface area contributed by atoms with Crippen molar-refractivity contribution in [1.82, 2.24) is 4.90 Å². The summed E-state index contributed by atoms with van der Waals surface area (Å²) in [5.74, 6) is 0.963. The summed E-state index contributed by atoms with van der Waals surface area (Å²) < 4.78 is 27.2. The van der Waals surface area contributed by atoms with Gasteiger partial charge in [0.25, 0.3) is 0 Å². The lowest BCUT2D eigenvalue weighted by Gasteiger charge is -2.13. The molecule has 0 saturated carbocycles. The molecule has 0 aliphatic carbocycles. The minimum atomic E-state index is -2.90. The maximum atomic E-state index is 11.0. The quantitative estimate of drug-likeness (QED) is 0.776. The van der Waals surface area contributed by atoms with Crippen molar-refractivity contribution in [1.29, 1.82) is 0 Å². The molecule has 0 spiro atoms. The summed E-state index contributed by atoms with van der Waals surface area (Å²) in [5.41, 5.74) is 6.41. The monoisotopic (exact) mass is 246 g/mol. The second kappa shape index (κ2) is 5.47. The Morgan fingerprint density at radius 3 is 2.69 bits per heavy atom. The second-order valence-electron chi connectivity index (χ2n) is 3.99. The Balaban J connectivity index is 2.42. The molecule has 1 rings (SSSR count). The molecule has 2 N–H and O–H groups in total. The first-order valence-corrected chi connectivity index (χ1v) is 7.09. The zero-order valence-corrected chi connectivity index (χ0v) is 10.5. The average molecular weight is 246 g/mol. The summed E-state index contributed by atoms with van der Waals surface area (Å²) in [5, 5.41) is 0. The van der Waals surface area contributed by atoms with Gasteiger partial charge >= 0.3 is 0 Å². The molecule has 1 aromatic heterocycles. The summed E-state index contributed by atoms with van der Waals surface area (Å²) in [7, 11) is -1.05. The van der Waals surface area contributed by atoms with Gasteiger partial charge < -0.3 is 10.2 Å². The van der Waals surface area contributed by atoms with Gasteiger partial charge in [0.1, 0.15) is 15.6 Å². The molecule has 0 saturated heterocycles. The van der Waals surface area contributed by atoms with Gasteiger partial charge in [-0.3, -0.25) is 4.90 Å². The smallest absolute Gasteiger partial charge is 0.148 e. The van der Waals surface area contributed by atoms with Crippen LogP contribution in [0.2, 0.25) is 0 Å². The number of furan rings is 1. The Bertz CT molecular complexity index is 425. The number of hydrogen-bond acceptors (Lipinski definition) is 5. The van der Waals surface area contributed by atoms with Gasteiger partial charge in [-0.1, -0.05) is 0 Å². The van der Waals surface area contributed by atoms with E-state index in [-0.39, 0.29) is 5.75 Å². The number of sulfone groups is 1. The number of rotatable bonds is 6. The van der Waals surface area contributed by atoms with Crippen molar-refractivity contribution in [2.75, 3.05) is 25.6 Å². The van der Waals surface area contributed by atoms with E-state index in [4.69, 9.17) is 10.2 Å². The van der Waals surface area contributed by atoms with E-state index < -0.39 is 9.84 Å². The van der Waals surface area contributed by atoms with Crippen LogP contribution in [-0.4, -0.2) is 38.9 Å². The van der Waals surface area contributed by atoms with Crippen molar-refractivity contribution < 1.29 is 12.8 Å². The average Bonchev–Trinajstić information content (AvgIpc) is 2.61. The van der Waals surface area contributed by atoms with Crippen molar-refractivity contribution in [2.45, 2.75) is 13.1 Å². The van der Waals surface area contributed by atoms with Gasteiger partial charge in [-0.15, -0.1) is 0 Å². The van der Waals surface area contributed by atoms with E-state index in [2.05, 4.69) is 0 Å². The molecule has 1 heterocycles. The summed E-state index contributed by atoms with van der Waals surface area (Å²) in [4.78, 5) is 1.90. The molecule has 0 radical (unpaired) electrons. The predicted molar refractivity (Wildman–Crippen MR) is 62.6 cm³/mol. The van der Waals surface area contributed by atoms with E-state index in [1.807, 2.05) is 18.0 Å². The van der Waals surface area contributed by atoms with Gasteiger partial charge in [0.05, 0.1) is 18.6 Å². The number of nitrogens with zero attached hydrogens (tertiary/aromatic N) is 1. The highest BCUT2D eigenvalue weighted by Gasteiger charge is 2.08. The molecule has 0 aliphatic rings. The van der Waals surface area contributed by atoms with Crippen LogP contribution in [0.3, 0.4) is 0 Å². The van der Waals surface area contributed by atoms with Gasteiger partial charge in [-0.25, -0.2) is 8.42 Å². The maximum Gasteiger partial charge on any atom is 0.148 e. The molecule has 6 heteroatoms. The van der Waals surface area contributed by atoms with E-state index in [1.165, 1.54) is 6.26 Å². The van der Waals surface area contributed by atoms with Crippen LogP contribution in [-0.2, 0) is 22.9 Å². The zero-order chi connectivity index (χ0) is 12.2. The Morgan fingerprint density at radius 2 is 2.19 bits per heavy atom. The highest BCUT2D eigenvalue weighted by atomic mass is 32.2. The van der Waals surface area contributed by atoms with Crippen molar-refractivity contribution in [2.24, 2.45) is 5.73 Å². The molecule has 92 valence electrons. The molecule has 5 nitrogen and oxygen atoms in total. The SMILES string of the molecule is CN(CCS(C)(=O)=O)Cc1cc(CN)co1. The molecule has 16 heavy (non-hydrogen) atoms. The minimum Gasteiger partial charge on any atom is -0.468 e. The van der Waals surface area contributed by atoms with E-state index in [1.54, 1.807) is 6.26 Å². The Hall–Kier alpha value is -0.850. The molecule has 0 bridgehead atoms. The van der Waals surface area contributed by atoms with E-state index >= 15 is 0 Å². The lowest BCUT2D eigenvalue weighted by atomic mass is 10.3. The predicted octanol–water partition coefficient (Wildman–Crippen LogP) is 0.215. The normalized spacial score (nSPS) is 12.2. The van der Waals surface area contributed by atoms with Crippen LogP contribution >= 0.6 is 0 Å². The third-order valence-electron chi connectivity index (χ3n) is 2.21. The topological polar surface area (TPSA) is 76.5 Å². The van der Waals surface area contributed by atoms with E-state index in [9.17, 15) is 8.42 Å². The van der Waals surface area contributed by atoms with Crippen LogP contribution in [0.15, 0.2) is 16.7 Å². The molecule has 0 aliphatic heterocycles. The van der Waals surface area contributed by atoms with Crippen molar-refractivity contribution >= 4 is 9.84 Å². The van der Waals surface area contributed by atoms with Crippen LogP contribution in [0.1, 0.15) is 11.3 Å². The van der Waals surface area contributed by atoms with Crippen LogP contribution in [0.5, 0.6) is 0 Å². The fourth-order valence-electron chi connectivity index (χ4n) is 1.28. The molecule has 0 amide bonds. The second-order valence-corrected chi connectivity index (χ2v) is 6.25. The fourth-order valence-corrected chi connectivity index (χ4v) is 1.93. The van der Waals surface area contributed by atoms with Gasteiger partial charge in [0.2, 0.25) is 0 Å². The van der Waals surface area contributed by atoms with Gasteiger partial charge in [0, 0.05) is 24.9 Å². The Morgan fingerprint density at radius 1 is 1.50 bits per heavy atom. The number of nitrogens with two attached hydrogens (primary N) is 1. The van der Waals surface area contributed by atoms with Crippen molar-refractivity contribution in [3.63, 3.8) is 0 Å². The van der Waals surface area contributed by atoms with Crippen LogP contribution in [0.4, 0.5) is 0 Å². The molecular weight excluding hydrogens is 228 g/mol. The number of hydrogen-bond donors (Lipinski definition) is 1. The first-order valence-electron chi connectivity index (χ1n) is 5.03. The molecule has 0 unspecified atom stereocenters. The van der Waals surface area contributed by atoms with E-state index in [0.29, 0.717) is 19.6 Å². The first-order chi connectivity index (χ1) is 7.40. The summed E-state index contributed by atoms with van der Waals surface area (Å²) in [6.45, 7) is 1.55. The fraction of sp³-hybridized carbons (Fsp3) is 0.600. The Labute approximate surface area is 96.1 Å². The summed E-state index contributed by atoms with van der Waals surface area (Å²) in [6, 6.07) is 1.89. The minimum absolute atomic E-state index is 0.161. The molecule has 0 atom stereocenters. The molecule has 0 fully saturated rings. The van der Waals surface area contributed by atoms with E-state index in [0.717, 1.165) is 11.3 Å². The van der Waals surface area contributed by atoms with Crippen molar-refractivity contribution in [3.8, 4) is 0 Å². The maximum absolute atomic E-state index is 11.0.